The molecule has 0 fully saturated rings. The Morgan fingerprint density at radius 1 is 1.39 bits per heavy atom. The maximum absolute atomic E-state index is 13.3. The van der Waals surface area contributed by atoms with Gasteiger partial charge in [0, 0.05) is 13.1 Å². The molecule has 0 aromatic heterocycles. The highest BCUT2D eigenvalue weighted by atomic mass is 35.5. The molecule has 0 aliphatic rings. The molecule has 0 aliphatic heterocycles. The van der Waals surface area contributed by atoms with E-state index in [2.05, 4.69) is 10.6 Å². The second-order valence-corrected chi connectivity index (χ2v) is 6.16. The van der Waals surface area contributed by atoms with Gasteiger partial charge in [-0.05, 0) is 33.3 Å². The molecule has 0 aliphatic carbocycles. The summed E-state index contributed by atoms with van der Waals surface area (Å²) >= 11 is 5.62. The largest absolute Gasteiger partial charge is 0.444 e. The minimum atomic E-state index is -0.851. The first-order valence-electron chi connectivity index (χ1n) is 6.94. The summed E-state index contributed by atoms with van der Waals surface area (Å²) in [5.41, 5.74) is -0.848. The number of rotatable bonds is 6. The predicted octanol–water partition coefficient (Wildman–Crippen LogP) is 3.71. The minimum absolute atomic E-state index is 0.124. The number of benzene rings is 1. The van der Waals surface area contributed by atoms with Crippen molar-refractivity contribution in [2.75, 3.05) is 18.4 Å². The molecule has 0 unspecified atom stereocenters. The number of carbonyl (C=O) groups excluding carboxylic acids is 1. The van der Waals surface area contributed by atoms with E-state index in [1.807, 2.05) is 0 Å². The molecule has 0 radical (unpaired) electrons. The third-order valence-corrected chi connectivity index (χ3v) is 2.86. The first-order chi connectivity index (χ1) is 10.6. The molecule has 0 spiro atoms. The van der Waals surface area contributed by atoms with Crippen LogP contribution < -0.4 is 10.6 Å². The van der Waals surface area contributed by atoms with Gasteiger partial charge < -0.3 is 15.4 Å². The van der Waals surface area contributed by atoms with Crippen LogP contribution in [0.15, 0.2) is 12.1 Å². The van der Waals surface area contributed by atoms with Crippen LogP contribution in [0, 0.1) is 15.9 Å². The van der Waals surface area contributed by atoms with Crippen LogP contribution in [0.1, 0.15) is 27.2 Å². The number of hydrogen-bond acceptors (Lipinski definition) is 5. The average Bonchev–Trinajstić information content (AvgIpc) is 2.39. The fourth-order valence-corrected chi connectivity index (χ4v) is 1.81. The molecule has 7 nitrogen and oxygen atoms in total. The Bertz CT molecular complexity index is 590. The van der Waals surface area contributed by atoms with Crippen molar-refractivity contribution >= 4 is 29.1 Å². The fraction of sp³-hybridized carbons (Fsp3) is 0.500. The Balaban J connectivity index is 2.46. The third-order valence-electron chi connectivity index (χ3n) is 2.57. The molecule has 23 heavy (non-hydrogen) atoms. The van der Waals surface area contributed by atoms with Crippen LogP contribution in [0.2, 0.25) is 5.02 Å². The van der Waals surface area contributed by atoms with Gasteiger partial charge in [0.25, 0.3) is 5.69 Å². The number of nitro benzene ring substituents is 1. The summed E-state index contributed by atoms with van der Waals surface area (Å²) in [7, 11) is 0. The van der Waals surface area contributed by atoms with Gasteiger partial charge in [0.15, 0.2) is 0 Å². The number of carbonyl (C=O) groups is 1. The number of amides is 1. The zero-order chi connectivity index (χ0) is 17.6. The van der Waals surface area contributed by atoms with Crippen molar-refractivity contribution in [3.05, 3.63) is 33.1 Å². The Kier molecular flexibility index (Phi) is 6.56. The normalized spacial score (nSPS) is 11.0. The van der Waals surface area contributed by atoms with Crippen LogP contribution in [-0.4, -0.2) is 29.7 Å². The van der Waals surface area contributed by atoms with E-state index >= 15 is 0 Å². The predicted molar refractivity (Wildman–Crippen MR) is 85.4 cm³/mol. The highest BCUT2D eigenvalue weighted by molar-refractivity contribution is 6.31. The van der Waals surface area contributed by atoms with Crippen LogP contribution in [0.3, 0.4) is 0 Å². The first-order valence-corrected chi connectivity index (χ1v) is 7.32. The van der Waals surface area contributed by atoms with E-state index in [1.165, 1.54) is 0 Å². The summed E-state index contributed by atoms with van der Waals surface area (Å²) in [5, 5.41) is 16.0. The summed E-state index contributed by atoms with van der Waals surface area (Å²) in [6.45, 7) is 5.92. The number of nitrogens with one attached hydrogen (secondary N) is 2. The molecule has 0 atom stereocenters. The SMILES string of the molecule is CC(C)(C)OC(=O)NCCCNc1cc(Cl)c(F)cc1[N+](=O)[O-]. The Labute approximate surface area is 138 Å². The number of alkyl carbamates (subject to hydrolysis) is 1. The average molecular weight is 348 g/mol. The van der Waals surface area contributed by atoms with Gasteiger partial charge in [-0.3, -0.25) is 10.1 Å². The number of nitro groups is 1. The molecular formula is C14H19ClFN3O4. The Hall–Kier alpha value is -2.09. The molecule has 128 valence electrons. The number of hydrogen-bond donors (Lipinski definition) is 2. The van der Waals surface area contributed by atoms with E-state index in [-0.39, 0.29) is 10.7 Å². The van der Waals surface area contributed by atoms with E-state index in [4.69, 9.17) is 16.3 Å². The molecule has 0 bridgehead atoms. The van der Waals surface area contributed by atoms with Crippen molar-refractivity contribution < 1.29 is 18.8 Å². The second kappa shape index (κ2) is 7.96. The molecule has 1 aromatic carbocycles. The first kappa shape index (κ1) is 19.0. The zero-order valence-corrected chi connectivity index (χ0v) is 13.9. The molecular weight excluding hydrogens is 329 g/mol. The fourth-order valence-electron chi connectivity index (χ4n) is 1.65. The molecule has 0 saturated carbocycles. The van der Waals surface area contributed by atoms with Crippen molar-refractivity contribution in [3.63, 3.8) is 0 Å². The van der Waals surface area contributed by atoms with Crippen LogP contribution in [0.4, 0.5) is 20.6 Å². The highest BCUT2D eigenvalue weighted by Gasteiger charge is 2.18. The Morgan fingerprint density at radius 3 is 2.61 bits per heavy atom. The van der Waals surface area contributed by atoms with Gasteiger partial charge >= 0.3 is 6.09 Å². The van der Waals surface area contributed by atoms with Gasteiger partial charge in [0.05, 0.1) is 16.0 Å². The van der Waals surface area contributed by atoms with E-state index in [1.54, 1.807) is 20.8 Å². The summed E-state index contributed by atoms with van der Waals surface area (Å²) < 4.78 is 18.3. The number of ether oxygens (including phenoxy) is 1. The van der Waals surface area contributed by atoms with Crippen molar-refractivity contribution in [3.8, 4) is 0 Å². The molecule has 9 heteroatoms. The maximum Gasteiger partial charge on any atom is 0.407 e. The molecule has 2 N–H and O–H groups in total. The smallest absolute Gasteiger partial charge is 0.407 e. The van der Waals surface area contributed by atoms with Crippen molar-refractivity contribution in [1.29, 1.82) is 0 Å². The van der Waals surface area contributed by atoms with Gasteiger partial charge in [-0.1, -0.05) is 11.6 Å². The number of anilines is 1. The van der Waals surface area contributed by atoms with Gasteiger partial charge in [0.1, 0.15) is 17.1 Å². The van der Waals surface area contributed by atoms with Crippen LogP contribution >= 0.6 is 11.6 Å². The molecule has 1 amide bonds. The molecule has 0 saturated heterocycles. The van der Waals surface area contributed by atoms with Crippen molar-refractivity contribution in [2.45, 2.75) is 32.8 Å². The lowest BCUT2D eigenvalue weighted by Crippen LogP contribution is -2.33. The quantitative estimate of drug-likeness (QED) is 0.464. The lowest BCUT2D eigenvalue weighted by molar-refractivity contribution is -0.384. The van der Waals surface area contributed by atoms with E-state index in [9.17, 15) is 19.3 Å². The molecule has 1 rings (SSSR count). The van der Waals surface area contributed by atoms with E-state index in [0.29, 0.717) is 19.5 Å². The van der Waals surface area contributed by atoms with E-state index < -0.39 is 28.1 Å². The summed E-state index contributed by atoms with van der Waals surface area (Å²) in [5.74, 6) is -0.851. The maximum atomic E-state index is 13.3. The number of halogens is 2. The van der Waals surface area contributed by atoms with E-state index in [0.717, 1.165) is 12.1 Å². The molecule has 0 heterocycles. The van der Waals surface area contributed by atoms with Crippen molar-refractivity contribution in [2.24, 2.45) is 0 Å². The van der Waals surface area contributed by atoms with Crippen molar-refractivity contribution in [1.82, 2.24) is 5.32 Å². The van der Waals surface area contributed by atoms with Gasteiger partial charge in [0.2, 0.25) is 0 Å². The standard InChI is InChI=1S/C14H19ClFN3O4/c1-14(2,3)23-13(20)18-6-4-5-17-11-7-9(15)10(16)8-12(11)19(21)22/h7-8,17H,4-6H2,1-3H3,(H,18,20). The second-order valence-electron chi connectivity index (χ2n) is 5.75. The lowest BCUT2D eigenvalue weighted by Gasteiger charge is -2.19. The number of nitrogens with zero attached hydrogens (tertiary/aromatic N) is 1. The Morgan fingerprint density at radius 2 is 2.04 bits per heavy atom. The van der Waals surface area contributed by atoms with Crippen LogP contribution in [0.5, 0.6) is 0 Å². The minimum Gasteiger partial charge on any atom is -0.444 e. The summed E-state index contributed by atoms with van der Waals surface area (Å²) in [4.78, 5) is 21.6. The van der Waals surface area contributed by atoms with Gasteiger partial charge in [-0.2, -0.15) is 0 Å². The summed E-state index contributed by atoms with van der Waals surface area (Å²) in [6.07, 6.45) is -0.0425. The zero-order valence-electron chi connectivity index (χ0n) is 13.1. The highest BCUT2D eigenvalue weighted by Crippen LogP contribution is 2.30. The molecule has 1 aromatic rings. The van der Waals surface area contributed by atoms with Crippen LogP contribution in [-0.2, 0) is 4.74 Å². The topological polar surface area (TPSA) is 93.5 Å². The van der Waals surface area contributed by atoms with Gasteiger partial charge in [-0.15, -0.1) is 0 Å². The van der Waals surface area contributed by atoms with Crippen LogP contribution in [0.25, 0.3) is 0 Å². The van der Waals surface area contributed by atoms with Gasteiger partial charge in [-0.25, -0.2) is 9.18 Å². The summed E-state index contributed by atoms with van der Waals surface area (Å²) in [6, 6.07) is 1.93. The monoisotopic (exact) mass is 347 g/mol. The lowest BCUT2D eigenvalue weighted by atomic mass is 10.2. The third kappa shape index (κ3) is 6.68.